The van der Waals surface area contributed by atoms with Gasteiger partial charge in [0.2, 0.25) is 0 Å². The standard InChI is InChI=1S/C9H14S/c1-7-6-8-4-2-3-5-9(8)10-7/h6,8-9H,2-5H2,1H3. The number of fused-ring (bicyclic) bond motifs is 1. The highest BCUT2D eigenvalue weighted by Crippen LogP contribution is 2.43. The Hall–Kier alpha value is 0.0900. The fourth-order valence-corrected chi connectivity index (χ4v) is 3.45. The molecule has 2 atom stereocenters. The summed E-state index contributed by atoms with van der Waals surface area (Å²) in [5.74, 6) is 0.943. The van der Waals surface area contributed by atoms with Crippen LogP contribution in [0.1, 0.15) is 32.6 Å². The highest BCUT2D eigenvalue weighted by atomic mass is 32.2. The minimum atomic E-state index is 0.943. The third kappa shape index (κ3) is 1.12. The van der Waals surface area contributed by atoms with Gasteiger partial charge in [0.25, 0.3) is 0 Å². The van der Waals surface area contributed by atoms with Crippen molar-refractivity contribution in [2.45, 2.75) is 37.9 Å². The normalized spacial score (nSPS) is 39.1. The molecule has 1 saturated carbocycles. The lowest BCUT2D eigenvalue weighted by molar-refractivity contribution is 0.437. The van der Waals surface area contributed by atoms with Crippen LogP contribution in [0.5, 0.6) is 0 Å². The molecule has 0 aromatic rings. The zero-order valence-electron chi connectivity index (χ0n) is 6.47. The Labute approximate surface area is 67.1 Å². The summed E-state index contributed by atoms with van der Waals surface area (Å²) in [5, 5.41) is 0.966. The van der Waals surface area contributed by atoms with Crippen molar-refractivity contribution in [1.29, 1.82) is 0 Å². The van der Waals surface area contributed by atoms with Gasteiger partial charge in [0.1, 0.15) is 0 Å². The lowest BCUT2D eigenvalue weighted by Gasteiger charge is -2.23. The van der Waals surface area contributed by atoms with Gasteiger partial charge in [-0.3, -0.25) is 0 Å². The van der Waals surface area contributed by atoms with Crippen LogP contribution in [0.15, 0.2) is 11.0 Å². The lowest BCUT2D eigenvalue weighted by Crippen LogP contribution is -2.15. The topological polar surface area (TPSA) is 0 Å². The van der Waals surface area contributed by atoms with E-state index in [1.165, 1.54) is 25.7 Å². The van der Waals surface area contributed by atoms with Gasteiger partial charge in [-0.2, -0.15) is 0 Å². The molecule has 0 saturated heterocycles. The SMILES string of the molecule is CC1=CC2CCCCC2S1. The van der Waals surface area contributed by atoms with E-state index in [1.807, 2.05) is 0 Å². The van der Waals surface area contributed by atoms with Gasteiger partial charge >= 0.3 is 0 Å². The monoisotopic (exact) mass is 154 g/mol. The van der Waals surface area contributed by atoms with Crippen molar-refractivity contribution in [1.82, 2.24) is 0 Å². The molecule has 2 unspecified atom stereocenters. The van der Waals surface area contributed by atoms with Gasteiger partial charge < -0.3 is 0 Å². The highest BCUT2D eigenvalue weighted by Gasteiger charge is 2.28. The summed E-state index contributed by atoms with van der Waals surface area (Å²) >= 11 is 2.11. The Bertz CT molecular complexity index is 160. The maximum Gasteiger partial charge on any atom is 0.0154 e. The Morgan fingerprint density at radius 3 is 3.00 bits per heavy atom. The summed E-state index contributed by atoms with van der Waals surface area (Å²) in [6.45, 7) is 2.25. The quantitative estimate of drug-likeness (QED) is 0.516. The second-order valence-corrected chi connectivity index (χ2v) is 4.87. The first-order valence-corrected chi connectivity index (χ1v) is 5.09. The molecular weight excluding hydrogens is 140 g/mol. The first kappa shape index (κ1) is 6.78. The molecule has 1 aliphatic heterocycles. The van der Waals surface area contributed by atoms with Crippen molar-refractivity contribution >= 4 is 11.8 Å². The molecule has 2 rings (SSSR count). The Kier molecular flexibility index (Phi) is 1.77. The van der Waals surface area contributed by atoms with E-state index >= 15 is 0 Å². The summed E-state index contributed by atoms with van der Waals surface area (Å²) in [6.07, 6.45) is 8.33. The smallest absolute Gasteiger partial charge is 0.0154 e. The van der Waals surface area contributed by atoms with Crippen molar-refractivity contribution in [3.05, 3.63) is 11.0 Å². The van der Waals surface area contributed by atoms with E-state index in [0.29, 0.717) is 0 Å². The average Bonchev–Trinajstić information content (AvgIpc) is 2.27. The van der Waals surface area contributed by atoms with Gasteiger partial charge in [-0.25, -0.2) is 0 Å². The fourth-order valence-electron chi connectivity index (χ4n) is 2.04. The minimum absolute atomic E-state index is 0.943. The van der Waals surface area contributed by atoms with Crippen molar-refractivity contribution in [2.24, 2.45) is 5.92 Å². The Morgan fingerprint density at radius 2 is 2.20 bits per heavy atom. The second kappa shape index (κ2) is 2.61. The molecule has 0 bridgehead atoms. The van der Waals surface area contributed by atoms with Crippen molar-refractivity contribution in [3.63, 3.8) is 0 Å². The summed E-state index contributed by atoms with van der Waals surface area (Å²) in [5.41, 5.74) is 0. The van der Waals surface area contributed by atoms with Gasteiger partial charge in [0.05, 0.1) is 0 Å². The van der Waals surface area contributed by atoms with Crippen molar-refractivity contribution < 1.29 is 0 Å². The molecule has 0 spiro atoms. The Balaban J connectivity index is 2.06. The number of hydrogen-bond acceptors (Lipinski definition) is 1. The van der Waals surface area contributed by atoms with Crippen LogP contribution in [0.3, 0.4) is 0 Å². The minimum Gasteiger partial charge on any atom is -0.127 e. The second-order valence-electron chi connectivity index (χ2n) is 3.38. The van der Waals surface area contributed by atoms with E-state index in [2.05, 4.69) is 24.8 Å². The molecule has 0 aromatic carbocycles. The zero-order chi connectivity index (χ0) is 6.97. The van der Waals surface area contributed by atoms with Crippen LogP contribution in [-0.4, -0.2) is 5.25 Å². The van der Waals surface area contributed by atoms with Gasteiger partial charge in [0.15, 0.2) is 0 Å². The summed E-state index contributed by atoms with van der Waals surface area (Å²) in [6, 6.07) is 0. The van der Waals surface area contributed by atoms with Crippen LogP contribution in [0.4, 0.5) is 0 Å². The van der Waals surface area contributed by atoms with E-state index < -0.39 is 0 Å². The van der Waals surface area contributed by atoms with Crippen LogP contribution in [0.2, 0.25) is 0 Å². The summed E-state index contributed by atoms with van der Waals surface area (Å²) in [4.78, 5) is 1.57. The van der Waals surface area contributed by atoms with Gasteiger partial charge in [-0.1, -0.05) is 18.9 Å². The maximum absolute atomic E-state index is 2.48. The molecule has 0 N–H and O–H groups in total. The molecule has 0 nitrogen and oxygen atoms in total. The number of rotatable bonds is 0. The molecule has 1 heterocycles. The first-order chi connectivity index (χ1) is 4.86. The Morgan fingerprint density at radius 1 is 1.40 bits per heavy atom. The molecule has 56 valence electrons. The largest absolute Gasteiger partial charge is 0.127 e. The first-order valence-electron chi connectivity index (χ1n) is 4.21. The molecule has 1 heteroatoms. The number of allylic oxidation sites excluding steroid dienone is 2. The van der Waals surface area contributed by atoms with E-state index in [4.69, 9.17) is 0 Å². The number of hydrogen-bond donors (Lipinski definition) is 0. The van der Waals surface area contributed by atoms with Crippen LogP contribution < -0.4 is 0 Å². The summed E-state index contributed by atoms with van der Waals surface area (Å²) in [7, 11) is 0. The predicted molar refractivity (Wildman–Crippen MR) is 47.1 cm³/mol. The molecule has 1 aliphatic carbocycles. The highest BCUT2D eigenvalue weighted by molar-refractivity contribution is 8.03. The molecule has 0 aromatic heterocycles. The molecular formula is C9H14S. The van der Waals surface area contributed by atoms with E-state index in [0.717, 1.165) is 11.2 Å². The predicted octanol–water partition coefficient (Wildman–Crippen LogP) is 3.20. The maximum atomic E-state index is 2.48. The zero-order valence-corrected chi connectivity index (χ0v) is 7.29. The van der Waals surface area contributed by atoms with Crippen LogP contribution in [-0.2, 0) is 0 Å². The number of thioether (sulfide) groups is 1. The van der Waals surface area contributed by atoms with Crippen molar-refractivity contribution in [2.75, 3.05) is 0 Å². The van der Waals surface area contributed by atoms with E-state index in [-0.39, 0.29) is 0 Å². The molecule has 1 fully saturated rings. The van der Waals surface area contributed by atoms with Crippen LogP contribution in [0.25, 0.3) is 0 Å². The third-order valence-electron chi connectivity index (χ3n) is 2.54. The molecule has 10 heavy (non-hydrogen) atoms. The van der Waals surface area contributed by atoms with Gasteiger partial charge in [0, 0.05) is 5.25 Å². The van der Waals surface area contributed by atoms with Crippen LogP contribution in [0, 0.1) is 5.92 Å². The van der Waals surface area contributed by atoms with E-state index in [9.17, 15) is 0 Å². The molecule has 0 amide bonds. The molecule has 0 radical (unpaired) electrons. The van der Waals surface area contributed by atoms with Crippen molar-refractivity contribution in [3.8, 4) is 0 Å². The van der Waals surface area contributed by atoms with Gasteiger partial charge in [-0.15, -0.1) is 11.8 Å². The third-order valence-corrected chi connectivity index (χ3v) is 3.94. The summed E-state index contributed by atoms with van der Waals surface area (Å²) < 4.78 is 0. The van der Waals surface area contributed by atoms with Crippen LogP contribution >= 0.6 is 11.8 Å². The average molecular weight is 154 g/mol. The fraction of sp³-hybridized carbons (Fsp3) is 0.778. The lowest BCUT2D eigenvalue weighted by atomic mass is 9.89. The molecule has 2 aliphatic rings. The van der Waals surface area contributed by atoms with Gasteiger partial charge in [-0.05, 0) is 30.6 Å². The van der Waals surface area contributed by atoms with E-state index in [1.54, 1.807) is 4.91 Å².